The zero-order valence-corrected chi connectivity index (χ0v) is 17.8. The van der Waals surface area contributed by atoms with Gasteiger partial charge in [0.2, 0.25) is 5.91 Å². The fraction of sp³-hybridized carbons (Fsp3) is 0.364. The van der Waals surface area contributed by atoms with E-state index in [1.165, 1.54) is 6.26 Å². The molecule has 0 bridgehead atoms. The van der Waals surface area contributed by atoms with Crippen molar-refractivity contribution < 1.29 is 18.0 Å². The van der Waals surface area contributed by atoms with Crippen LogP contribution in [-0.4, -0.2) is 44.5 Å². The number of carbonyl (C=O) groups is 2. The van der Waals surface area contributed by atoms with Crippen LogP contribution in [0.5, 0.6) is 0 Å². The molecule has 1 saturated heterocycles. The Labute approximate surface area is 177 Å². The number of carbonyl (C=O) groups excluding carboxylic acids is 2. The normalized spacial score (nSPS) is 17.4. The van der Waals surface area contributed by atoms with Crippen LogP contribution in [-0.2, 0) is 26.9 Å². The smallest absolute Gasteiger partial charge is 0.255 e. The Balaban J connectivity index is 1.56. The lowest BCUT2D eigenvalue weighted by atomic mass is 9.97. The number of nitrogens with two attached hydrogens (primary N) is 1. The second-order valence-corrected chi connectivity index (χ2v) is 10.0. The number of primary amides is 1. The average molecular weight is 430 g/mol. The van der Waals surface area contributed by atoms with Crippen LogP contribution in [0.3, 0.4) is 0 Å². The van der Waals surface area contributed by atoms with Crippen LogP contribution in [0.15, 0.2) is 48.5 Å². The summed E-state index contributed by atoms with van der Waals surface area (Å²) in [5.41, 5.74) is 8.33. The van der Waals surface area contributed by atoms with Crippen LogP contribution in [0.2, 0.25) is 0 Å². The predicted octanol–water partition coefficient (Wildman–Crippen LogP) is 2.18. The first kappa shape index (κ1) is 22.0. The molecular weight excluding hydrogens is 402 g/mol. The van der Waals surface area contributed by atoms with Crippen molar-refractivity contribution in [1.82, 2.24) is 4.90 Å². The maximum atomic E-state index is 12.4. The van der Waals surface area contributed by atoms with Crippen LogP contribution < -0.4 is 11.1 Å². The van der Waals surface area contributed by atoms with E-state index in [-0.39, 0.29) is 23.5 Å². The molecule has 0 aromatic heterocycles. The fourth-order valence-electron chi connectivity index (χ4n) is 3.64. The number of sulfone groups is 1. The van der Waals surface area contributed by atoms with Gasteiger partial charge in [0.05, 0.1) is 11.7 Å². The average Bonchev–Trinajstić information content (AvgIpc) is 2.69. The maximum Gasteiger partial charge on any atom is 0.255 e. The summed E-state index contributed by atoms with van der Waals surface area (Å²) in [7, 11) is -3.11. The topological polar surface area (TPSA) is 110 Å². The number of rotatable bonds is 7. The van der Waals surface area contributed by atoms with E-state index in [1.54, 1.807) is 24.3 Å². The number of nitrogens with zero attached hydrogens (tertiary/aromatic N) is 1. The first-order valence-corrected chi connectivity index (χ1v) is 11.9. The van der Waals surface area contributed by atoms with Crippen molar-refractivity contribution >= 4 is 27.3 Å². The molecule has 1 heterocycles. The summed E-state index contributed by atoms with van der Waals surface area (Å²) in [6.07, 6.45) is 3.00. The first-order chi connectivity index (χ1) is 14.2. The lowest BCUT2D eigenvalue weighted by Gasteiger charge is -2.31. The molecule has 1 atom stereocenters. The van der Waals surface area contributed by atoms with E-state index < -0.39 is 9.84 Å². The second-order valence-electron chi connectivity index (χ2n) is 7.89. The number of likely N-dealkylation sites (tertiary alicyclic amines) is 1. The quantitative estimate of drug-likeness (QED) is 0.701. The Morgan fingerprint density at radius 3 is 2.30 bits per heavy atom. The Hall–Kier alpha value is -2.71. The van der Waals surface area contributed by atoms with E-state index in [2.05, 4.69) is 10.2 Å². The van der Waals surface area contributed by atoms with E-state index in [0.717, 1.165) is 31.5 Å². The number of nitrogens with one attached hydrogen (secondary N) is 1. The number of anilines is 1. The minimum absolute atomic E-state index is 0.0480. The van der Waals surface area contributed by atoms with Gasteiger partial charge in [-0.15, -0.1) is 0 Å². The summed E-state index contributed by atoms with van der Waals surface area (Å²) < 4.78 is 22.7. The van der Waals surface area contributed by atoms with Crippen molar-refractivity contribution in [2.75, 3.05) is 24.7 Å². The molecule has 1 aliphatic rings. The largest absolute Gasteiger partial charge is 0.369 e. The Kier molecular flexibility index (Phi) is 6.89. The Bertz CT molecular complexity index is 1000. The van der Waals surface area contributed by atoms with Gasteiger partial charge in [-0.2, -0.15) is 0 Å². The molecule has 0 spiro atoms. The van der Waals surface area contributed by atoms with Gasteiger partial charge in [-0.05, 0) is 54.8 Å². The molecule has 1 unspecified atom stereocenters. The van der Waals surface area contributed by atoms with Crippen LogP contribution in [0.25, 0.3) is 0 Å². The van der Waals surface area contributed by atoms with Crippen LogP contribution >= 0.6 is 0 Å². The molecule has 1 fully saturated rings. The molecule has 3 rings (SSSR count). The van der Waals surface area contributed by atoms with Crippen molar-refractivity contribution in [2.24, 2.45) is 11.7 Å². The van der Waals surface area contributed by atoms with Crippen LogP contribution in [0.4, 0.5) is 5.69 Å². The van der Waals surface area contributed by atoms with Gasteiger partial charge in [0.1, 0.15) is 0 Å². The van der Waals surface area contributed by atoms with Gasteiger partial charge in [0.25, 0.3) is 5.91 Å². The standard InChI is InChI=1S/C22H27N3O4S/c1-30(28,29)15-17-4-8-18(9-5-17)22(27)24-20-10-6-16(7-11-20)13-25-12-2-3-19(14-25)21(23)26/h4-11,19H,2-3,12-15H2,1H3,(H2,23,26)(H,24,27). The molecule has 2 aromatic carbocycles. The molecule has 0 aliphatic carbocycles. The van der Waals surface area contributed by atoms with Gasteiger partial charge in [-0.1, -0.05) is 24.3 Å². The third-order valence-corrected chi connectivity index (χ3v) is 6.03. The lowest BCUT2D eigenvalue weighted by Crippen LogP contribution is -2.40. The zero-order chi connectivity index (χ0) is 21.7. The van der Waals surface area contributed by atoms with Gasteiger partial charge in [-0.25, -0.2) is 8.42 Å². The lowest BCUT2D eigenvalue weighted by molar-refractivity contribution is -0.123. The van der Waals surface area contributed by atoms with Gasteiger partial charge in [-0.3, -0.25) is 14.5 Å². The highest BCUT2D eigenvalue weighted by Gasteiger charge is 2.23. The molecule has 1 aliphatic heterocycles. The molecule has 2 amide bonds. The van der Waals surface area contributed by atoms with E-state index in [4.69, 9.17) is 5.73 Å². The number of hydrogen-bond acceptors (Lipinski definition) is 5. The molecular formula is C22H27N3O4S. The summed E-state index contributed by atoms with van der Waals surface area (Å²) in [5, 5.41) is 2.85. The minimum Gasteiger partial charge on any atom is -0.369 e. The molecule has 7 nitrogen and oxygen atoms in total. The highest BCUT2D eigenvalue weighted by atomic mass is 32.2. The molecule has 2 aromatic rings. The predicted molar refractivity (Wildman–Crippen MR) is 117 cm³/mol. The summed E-state index contributed by atoms with van der Waals surface area (Å²) in [6, 6.07) is 14.2. The third-order valence-electron chi connectivity index (χ3n) is 5.17. The maximum absolute atomic E-state index is 12.4. The minimum atomic E-state index is -3.11. The zero-order valence-electron chi connectivity index (χ0n) is 17.0. The SMILES string of the molecule is CS(=O)(=O)Cc1ccc(C(=O)Nc2ccc(CN3CCCC(C(N)=O)C3)cc2)cc1. The number of benzene rings is 2. The van der Waals surface area contributed by atoms with E-state index in [0.29, 0.717) is 23.4 Å². The van der Waals surface area contributed by atoms with Gasteiger partial charge in [0, 0.05) is 30.6 Å². The summed E-state index contributed by atoms with van der Waals surface area (Å²) in [4.78, 5) is 26.1. The number of hydrogen-bond donors (Lipinski definition) is 2. The van der Waals surface area contributed by atoms with E-state index >= 15 is 0 Å². The fourth-order valence-corrected chi connectivity index (χ4v) is 4.44. The summed E-state index contributed by atoms with van der Waals surface area (Å²) >= 11 is 0. The van der Waals surface area contributed by atoms with Gasteiger partial charge in [0.15, 0.2) is 9.84 Å². The highest BCUT2D eigenvalue weighted by Crippen LogP contribution is 2.19. The van der Waals surface area contributed by atoms with Crippen molar-refractivity contribution in [2.45, 2.75) is 25.1 Å². The molecule has 3 N–H and O–H groups in total. The van der Waals surface area contributed by atoms with Crippen LogP contribution in [0, 0.1) is 5.92 Å². The number of amides is 2. The van der Waals surface area contributed by atoms with Crippen molar-refractivity contribution in [3.8, 4) is 0 Å². The first-order valence-electron chi connectivity index (χ1n) is 9.88. The van der Waals surface area contributed by atoms with Crippen LogP contribution in [0.1, 0.15) is 34.3 Å². The Morgan fingerprint density at radius 2 is 1.70 bits per heavy atom. The van der Waals surface area contributed by atoms with Crippen molar-refractivity contribution in [1.29, 1.82) is 0 Å². The van der Waals surface area contributed by atoms with Gasteiger partial charge >= 0.3 is 0 Å². The monoisotopic (exact) mass is 429 g/mol. The molecule has 0 radical (unpaired) electrons. The van der Waals surface area contributed by atoms with E-state index in [1.807, 2.05) is 24.3 Å². The molecule has 0 saturated carbocycles. The summed E-state index contributed by atoms with van der Waals surface area (Å²) in [6.45, 7) is 2.36. The number of piperidine rings is 1. The molecule has 160 valence electrons. The Morgan fingerprint density at radius 1 is 1.07 bits per heavy atom. The second kappa shape index (κ2) is 9.40. The van der Waals surface area contributed by atoms with E-state index in [9.17, 15) is 18.0 Å². The van der Waals surface area contributed by atoms with Crippen molar-refractivity contribution in [3.05, 3.63) is 65.2 Å². The molecule has 30 heavy (non-hydrogen) atoms. The molecule has 8 heteroatoms. The highest BCUT2D eigenvalue weighted by molar-refractivity contribution is 7.89. The van der Waals surface area contributed by atoms with Gasteiger partial charge < -0.3 is 11.1 Å². The van der Waals surface area contributed by atoms with Crippen molar-refractivity contribution in [3.63, 3.8) is 0 Å². The summed E-state index contributed by atoms with van der Waals surface area (Å²) in [5.74, 6) is -0.620. The third kappa shape index (κ3) is 6.40.